The molecule has 1 aromatic heterocycles. The summed E-state index contributed by atoms with van der Waals surface area (Å²) in [6.45, 7) is 4.76. The number of benzene rings is 2. The largest absolute Gasteiger partial charge is 0.368 e. The van der Waals surface area contributed by atoms with Gasteiger partial charge in [0.25, 0.3) is 5.91 Å². The summed E-state index contributed by atoms with van der Waals surface area (Å²) in [6, 6.07) is 19.7. The normalized spacial score (nSPS) is 12.9. The number of carbonyl (C=O) groups is 1. The average Bonchev–Trinajstić information content (AvgIpc) is 3.11. The van der Waals surface area contributed by atoms with Gasteiger partial charge in [0.2, 0.25) is 0 Å². The van der Waals surface area contributed by atoms with Gasteiger partial charge < -0.3 is 10.2 Å². The molecule has 5 heteroatoms. The van der Waals surface area contributed by atoms with Crippen molar-refractivity contribution in [1.29, 1.82) is 0 Å². The van der Waals surface area contributed by atoms with Crippen LogP contribution < -0.4 is 10.2 Å². The van der Waals surface area contributed by atoms with Crippen LogP contribution in [0.3, 0.4) is 0 Å². The lowest BCUT2D eigenvalue weighted by Crippen LogP contribution is -2.30. The van der Waals surface area contributed by atoms with Gasteiger partial charge in [0, 0.05) is 29.9 Å². The summed E-state index contributed by atoms with van der Waals surface area (Å²) in [5.74, 6) is 1.12. The van der Waals surface area contributed by atoms with Gasteiger partial charge in [-0.1, -0.05) is 48.5 Å². The molecule has 0 atom stereocenters. The van der Waals surface area contributed by atoms with E-state index in [0.29, 0.717) is 23.9 Å². The molecule has 136 valence electrons. The molecule has 0 saturated carbocycles. The molecule has 2 heterocycles. The second-order valence-electron chi connectivity index (χ2n) is 6.96. The highest BCUT2D eigenvalue weighted by Crippen LogP contribution is 2.29. The summed E-state index contributed by atoms with van der Waals surface area (Å²) in [7, 11) is 0. The maximum absolute atomic E-state index is 13.2. The number of amides is 1. The SMILES string of the molecule is CC(C)Nc1cc(C(=O)N2CCc3ccccc32)nc(-c2ccccc2)n1. The van der Waals surface area contributed by atoms with E-state index in [1.807, 2.05) is 67.3 Å². The second-order valence-corrected chi connectivity index (χ2v) is 6.96. The van der Waals surface area contributed by atoms with Gasteiger partial charge in [0.1, 0.15) is 11.5 Å². The Hall–Kier alpha value is -3.21. The van der Waals surface area contributed by atoms with Gasteiger partial charge >= 0.3 is 0 Å². The third-order valence-corrected chi connectivity index (χ3v) is 4.55. The van der Waals surface area contributed by atoms with Crippen molar-refractivity contribution >= 4 is 17.4 Å². The standard InChI is InChI=1S/C22H22N4O/c1-15(2)23-20-14-18(24-21(25-20)17-9-4-3-5-10-17)22(27)26-13-12-16-8-6-7-11-19(16)26/h3-11,14-15H,12-13H2,1-2H3,(H,23,24,25). The fourth-order valence-corrected chi connectivity index (χ4v) is 3.33. The van der Waals surface area contributed by atoms with E-state index in [-0.39, 0.29) is 11.9 Å². The van der Waals surface area contributed by atoms with Crippen LogP contribution in [0.15, 0.2) is 60.7 Å². The predicted molar refractivity (Wildman–Crippen MR) is 108 cm³/mol. The zero-order chi connectivity index (χ0) is 18.8. The van der Waals surface area contributed by atoms with E-state index in [1.165, 1.54) is 5.56 Å². The van der Waals surface area contributed by atoms with Crippen LogP contribution in [0.2, 0.25) is 0 Å². The zero-order valence-electron chi connectivity index (χ0n) is 15.5. The van der Waals surface area contributed by atoms with Crippen LogP contribution in [0.1, 0.15) is 29.9 Å². The highest BCUT2D eigenvalue weighted by molar-refractivity contribution is 6.06. The number of hydrogen-bond acceptors (Lipinski definition) is 4. The van der Waals surface area contributed by atoms with Crippen LogP contribution in [0.5, 0.6) is 0 Å². The van der Waals surface area contributed by atoms with Gasteiger partial charge in [0.15, 0.2) is 5.82 Å². The molecule has 0 spiro atoms. The first-order chi connectivity index (χ1) is 13.1. The minimum absolute atomic E-state index is 0.0914. The highest BCUT2D eigenvalue weighted by atomic mass is 16.2. The first-order valence-electron chi connectivity index (χ1n) is 9.22. The fraction of sp³-hybridized carbons (Fsp3) is 0.227. The van der Waals surface area contributed by atoms with Gasteiger partial charge in [-0.15, -0.1) is 0 Å². The summed E-state index contributed by atoms with van der Waals surface area (Å²) in [5, 5.41) is 3.30. The average molecular weight is 358 g/mol. The molecule has 5 nitrogen and oxygen atoms in total. The van der Waals surface area contributed by atoms with E-state index in [9.17, 15) is 4.79 Å². The molecular weight excluding hydrogens is 336 g/mol. The van der Waals surface area contributed by atoms with E-state index in [2.05, 4.69) is 21.4 Å². The Labute approximate surface area is 159 Å². The van der Waals surface area contributed by atoms with E-state index < -0.39 is 0 Å². The molecule has 1 aliphatic heterocycles. The third kappa shape index (κ3) is 3.53. The number of nitrogens with one attached hydrogen (secondary N) is 1. The number of anilines is 2. The Bertz CT molecular complexity index is 969. The quantitative estimate of drug-likeness (QED) is 0.761. The molecule has 3 aromatic rings. The van der Waals surface area contributed by atoms with Gasteiger partial charge in [-0.2, -0.15) is 0 Å². The highest BCUT2D eigenvalue weighted by Gasteiger charge is 2.27. The number of nitrogens with zero attached hydrogens (tertiary/aromatic N) is 3. The molecule has 2 aromatic carbocycles. The molecule has 1 N–H and O–H groups in total. The number of hydrogen-bond donors (Lipinski definition) is 1. The molecule has 0 fully saturated rings. The third-order valence-electron chi connectivity index (χ3n) is 4.55. The van der Waals surface area contributed by atoms with Gasteiger partial charge in [0.05, 0.1) is 0 Å². The molecule has 1 aliphatic rings. The molecule has 0 aliphatic carbocycles. The van der Waals surface area contributed by atoms with Crippen molar-refractivity contribution in [2.45, 2.75) is 26.3 Å². The van der Waals surface area contributed by atoms with Crippen LogP contribution in [0.4, 0.5) is 11.5 Å². The van der Waals surface area contributed by atoms with Crippen LogP contribution in [0, 0.1) is 0 Å². The Balaban J connectivity index is 1.74. The summed E-state index contributed by atoms with van der Waals surface area (Å²) in [5.41, 5.74) is 3.47. The fourth-order valence-electron chi connectivity index (χ4n) is 3.33. The van der Waals surface area contributed by atoms with Crippen molar-refractivity contribution in [3.63, 3.8) is 0 Å². The van der Waals surface area contributed by atoms with Crippen LogP contribution in [-0.2, 0) is 6.42 Å². The summed E-state index contributed by atoms with van der Waals surface area (Å²) >= 11 is 0. The molecule has 0 saturated heterocycles. The number of rotatable bonds is 4. The molecule has 27 heavy (non-hydrogen) atoms. The molecule has 4 rings (SSSR count). The number of fused-ring (bicyclic) bond motifs is 1. The topological polar surface area (TPSA) is 58.1 Å². The zero-order valence-corrected chi connectivity index (χ0v) is 15.5. The van der Waals surface area contributed by atoms with Crippen LogP contribution in [-0.4, -0.2) is 28.5 Å². The van der Waals surface area contributed by atoms with E-state index in [0.717, 1.165) is 17.7 Å². The van der Waals surface area contributed by atoms with E-state index in [1.54, 1.807) is 6.07 Å². The summed E-state index contributed by atoms with van der Waals surface area (Å²) in [4.78, 5) is 24.2. The Morgan fingerprint density at radius 2 is 1.78 bits per heavy atom. The second kappa shape index (κ2) is 7.19. The van der Waals surface area contributed by atoms with Gasteiger partial charge in [-0.25, -0.2) is 9.97 Å². The first kappa shape index (κ1) is 17.2. The molecule has 0 radical (unpaired) electrons. The van der Waals surface area contributed by atoms with E-state index >= 15 is 0 Å². The lowest BCUT2D eigenvalue weighted by molar-refractivity contribution is 0.0984. The summed E-state index contributed by atoms with van der Waals surface area (Å²) < 4.78 is 0. The van der Waals surface area contributed by atoms with Crippen molar-refractivity contribution in [1.82, 2.24) is 9.97 Å². The smallest absolute Gasteiger partial charge is 0.277 e. The first-order valence-corrected chi connectivity index (χ1v) is 9.22. The molecule has 0 bridgehead atoms. The maximum Gasteiger partial charge on any atom is 0.277 e. The Morgan fingerprint density at radius 3 is 2.56 bits per heavy atom. The lowest BCUT2D eigenvalue weighted by atomic mass is 10.2. The van der Waals surface area contributed by atoms with Crippen LogP contribution >= 0.6 is 0 Å². The molecule has 0 unspecified atom stereocenters. The number of carbonyl (C=O) groups excluding carboxylic acids is 1. The van der Waals surface area contributed by atoms with E-state index in [4.69, 9.17) is 0 Å². The van der Waals surface area contributed by atoms with Crippen molar-refractivity contribution in [3.8, 4) is 11.4 Å². The number of para-hydroxylation sites is 1. The predicted octanol–water partition coefficient (Wildman–Crippen LogP) is 4.17. The number of aromatic nitrogens is 2. The van der Waals surface area contributed by atoms with Crippen molar-refractivity contribution < 1.29 is 4.79 Å². The Morgan fingerprint density at radius 1 is 1.04 bits per heavy atom. The van der Waals surface area contributed by atoms with Gasteiger partial charge in [-0.3, -0.25) is 4.79 Å². The Kier molecular flexibility index (Phi) is 4.59. The minimum atomic E-state index is -0.0914. The van der Waals surface area contributed by atoms with Crippen molar-refractivity contribution in [3.05, 3.63) is 71.9 Å². The molecule has 1 amide bonds. The van der Waals surface area contributed by atoms with Crippen LogP contribution in [0.25, 0.3) is 11.4 Å². The monoisotopic (exact) mass is 358 g/mol. The minimum Gasteiger partial charge on any atom is -0.368 e. The lowest BCUT2D eigenvalue weighted by Gasteiger charge is -2.18. The van der Waals surface area contributed by atoms with Crippen molar-refractivity contribution in [2.24, 2.45) is 0 Å². The van der Waals surface area contributed by atoms with Gasteiger partial charge in [-0.05, 0) is 31.9 Å². The maximum atomic E-state index is 13.2. The molecular formula is C22H22N4O. The summed E-state index contributed by atoms with van der Waals surface area (Å²) in [6.07, 6.45) is 0.871. The van der Waals surface area contributed by atoms with Crippen molar-refractivity contribution in [2.75, 3.05) is 16.8 Å².